The third-order valence-corrected chi connectivity index (χ3v) is 6.57. The van der Waals surface area contributed by atoms with Crippen molar-refractivity contribution >= 4 is 35.1 Å². The first-order valence-corrected chi connectivity index (χ1v) is 11.1. The molecule has 2 heterocycles. The molecule has 7 heteroatoms. The second-order valence-corrected chi connectivity index (χ2v) is 8.71. The van der Waals surface area contributed by atoms with Gasteiger partial charge in [-0.2, -0.15) is 0 Å². The van der Waals surface area contributed by atoms with Crippen molar-refractivity contribution in [3.63, 3.8) is 0 Å². The molecule has 5 nitrogen and oxygen atoms in total. The van der Waals surface area contributed by atoms with E-state index in [0.29, 0.717) is 23.0 Å². The average molecular weight is 447 g/mol. The molecule has 1 unspecified atom stereocenters. The van der Waals surface area contributed by atoms with Gasteiger partial charge in [0.25, 0.3) is 0 Å². The lowest BCUT2D eigenvalue weighted by molar-refractivity contribution is -0.140. The topological polar surface area (TPSA) is 60.9 Å². The van der Waals surface area contributed by atoms with Crippen molar-refractivity contribution in [1.82, 2.24) is 9.80 Å². The lowest BCUT2D eigenvalue weighted by Crippen LogP contribution is -2.46. The van der Waals surface area contributed by atoms with Crippen LogP contribution in [0.3, 0.4) is 0 Å². The van der Waals surface area contributed by atoms with Crippen molar-refractivity contribution in [3.05, 3.63) is 57.6 Å². The Hall–Kier alpha value is -2.08. The van der Waals surface area contributed by atoms with Crippen molar-refractivity contribution in [3.8, 4) is 11.1 Å². The van der Waals surface area contributed by atoms with Gasteiger partial charge in [-0.3, -0.25) is 9.69 Å². The number of carbonyl (C=O) groups is 2. The number of rotatable bonds is 5. The van der Waals surface area contributed by atoms with Crippen LogP contribution in [0.1, 0.15) is 54.2 Å². The van der Waals surface area contributed by atoms with Gasteiger partial charge in [0.15, 0.2) is 0 Å². The Balaban J connectivity index is 1.72. The van der Waals surface area contributed by atoms with E-state index in [9.17, 15) is 9.59 Å². The summed E-state index contributed by atoms with van der Waals surface area (Å²) in [6.07, 6.45) is 4.43. The van der Waals surface area contributed by atoms with Gasteiger partial charge < -0.3 is 10.0 Å². The molecule has 2 aromatic carbocycles. The summed E-state index contributed by atoms with van der Waals surface area (Å²) in [6.45, 7) is 2.55. The van der Waals surface area contributed by atoms with E-state index < -0.39 is 5.97 Å². The summed E-state index contributed by atoms with van der Waals surface area (Å²) < 4.78 is 0. The number of carbonyl (C=O) groups excluding carboxylic acids is 1. The first-order chi connectivity index (χ1) is 14.5. The number of aromatic carboxylic acids is 1. The fourth-order valence-corrected chi connectivity index (χ4v) is 5.09. The number of hydrogen-bond donors (Lipinski definition) is 1. The lowest BCUT2D eigenvalue weighted by atomic mass is 9.99. The van der Waals surface area contributed by atoms with Gasteiger partial charge in [-0.1, -0.05) is 35.3 Å². The number of piperidine rings is 1. The fraction of sp³-hybridized carbons (Fsp3) is 0.391. The third-order valence-electron chi connectivity index (χ3n) is 5.94. The number of benzene rings is 2. The summed E-state index contributed by atoms with van der Waals surface area (Å²) in [5.41, 5.74) is 2.66. The van der Waals surface area contributed by atoms with Gasteiger partial charge in [0.1, 0.15) is 6.17 Å². The first-order valence-electron chi connectivity index (χ1n) is 10.3. The molecule has 2 aromatic rings. The standard InChI is InChI=1S/C23H24Cl2N2O3/c24-18-13-17(15-6-8-16(9-7-15)23(29)30)14-19(25)21(18)22(26-10-3-4-11-26)27-12-2-1-5-20(27)28/h6-9,13-14,22H,1-5,10-12H2,(H,29,30). The minimum atomic E-state index is -0.965. The Labute approximate surface area is 186 Å². The highest BCUT2D eigenvalue weighted by molar-refractivity contribution is 6.36. The summed E-state index contributed by atoms with van der Waals surface area (Å²) in [5.74, 6) is -0.814. The van der Waals surface area contributed by atoms with Crippen LogP contribution in [0.4, 0.5) is 0 Å². The first kappa shape index (κ1) is 21.2. The predicted octanol–water partition coefficient (Wildman–Crippen LogP) is 5.47. The van der Waals surface area contributed by atoms with Crippen LogP contribution in [0.2, 0.25) is 10.0 Å². The highest BCUT2D eigenvalue weighted by Gasteiger charge is 2.35. The number of amides is 1. The summed E-state index contributed by atoms with van der Waals surface area (Å²) in [7, 11) is 0. The SMILES string of the molecule is O=C(O)c1ccc(-c2cc(Cl)c(C(N3CCCC3)N3CCCCC3=O)c(Cl)c2)cc1. The number of likely N-dealkylation sites (tertiary alicyclic amines) is 2. The summed E-state index contributed by atoms with van der Waals surface area (Å²) >= 11 is 13.5. The lowest BCUT2D eigenvalue weighted by Gasteiger charge is -2.40. The maximum Gasteiger partial charge on any atom is 0.335 e. The minimum Gasteiger partial charge on any atom is -0.478 e. The monoisotopic (exact) mass is 446 g/mol. The van der Waals surface area contributed by atoms with Crippen LogP contribution >= 0.6 is 23.2 Å². The summed E-state index contributed by atoms with van der Waals surface area (Å²) in [5, 5.41) is 10.1. The normalized spacial score (nSPS) is 18.6. The molecule has 158 valence electrons. The van der Waals surface area contributed by atoms with Crippen molar-refractivity contribution in [2.75, 3.05) is 19.6 Å². The molecular formula is C23H24Cl2N2O3. The number of carboxylic acid groups (broad SMARTS) is 1. The molecule has 0 saturated carbocycles. The van der Waals surface area contributed by atoms with Crippen LogP contribution in [0.25, 0.3) is 11.1 Å². The smallest absolute Gasteiger partial charge is 0.335 e. The van der Waals surface area contributed by atoms with Gasteiger partial charge in [-0.25, -0.2) is 4.79 Å². The van der Waals surface area contributed by atoms with Crippen LogP contribution in [-0.4, -0.2) is 46.4 Å². The predicted molar refractivity (Wildman–Crippen MR) is 118 cm³/mol. The second-order valence-electron chi connectivity index (χ2n) is 7.90. The molecule has 0 spiro atoms. The molecule has 1 amide bonds. The van der Waals surface area contributed by atoms with E-state index in [0.717, 1.165) is 55.5 Å². The van der Waals surface area contributed by atoms with E-state index in [1.807, 2.05) is 17.0 Å². The molecule has 2 aliphatic rings. The van der Waals surface area contributed by atoms with Gasteiger partial charge in [0.2, 0.25) is 5.91 Å². The van der Waals surface area contributed by atoms with E-state index >= 15 is 0 Å². The zero-order valence-electron chi connectivity index (χ0n) is 16.6. The maximum atomic E-state index is 12.7. The van der Waals surface area contributed by atoms with E-state index in [4.69, 9.17) is 28.3 Å². The van der Waals surface area contributed by atoms with Gasteiger partial charge in [-0.15, -0.1) is 0 Å². The molecule has 2 saturated heterocycles. The van der Waals surface area contributed by atoms with Crippen LogP contribution in [0.15, 0.2) is 36.4 Å². The second kappa shape index (κ2) is 8.96. The van der Waals surface area contributed by atoms with E-state index in [1.54, 1.807) is 24.3 Å². The van der Waals surface area contributed by atoms with Gasteiger partial charge >= 0.3 is 5.97 Å². The molecule has 0 radical (unpaired) electrons. The zero-order chi connectivity index (χ0) is 21.3. The number of hydrogen-bond acceptors (Lipinski definition) is 3. The molecule has 30 heavy (non-hydrogen) atoms. The van der Waals surface area contributed by atoms with Crippen molar-refractivity contribution in [1.29, 1.82) is 0 Å². The van der Waals surface area contributed by atoms with E-state index in [2.05, 4.69) is 4.90 Å². The molecule has 0 aromatic heterocycles. The van der Waals surface area contributed by atoms with Gasteiger partial charge in [0.05, 0.1) is 5.56 Å². The average Bonchev–Trinajstić information content (AvgIpc) is 3.26. The minimum absolute atomic E-state index is 0.151. The van der Waals surface area contributed by atoms with E-state index in [1.165, 1.54) is 0 Å². The number of halogens is 2. The molecule has 0 aliphatic carbocycles. The van der Waals surface area contributed by atoms with Crippen LogP contribution in [0.5, 0.6) is 0 Å². The summed E-state index contributed by atoms with van der Waals surface area (Å²) in [4.78, 5) is 28.1. The third kappa shape index (κ3) is 4.20. The van der Waals surface area contributed by atoms with Crippen molar-refractivity contribution in [2.24, 2.45) is 0 Å². The molecule has 1 N–H and O–H groups in total. The number of nitrogens with zero attached hydrogens (tertiary/aromatic N) is 2. The highest BCUT2D eigenvalue weighted by Crippen LogP contribution is 2.41. The Morgan fingerprint density at radius 3 is 2.07 bits per heavy atom. The van der Waals surface area contributed by atoms with Crippen LogP contribution in [-0.2, 0) is 4.79 Å². The van der Waals surface area contributed by atoms with E-state index in [-0.39, 0.29) is 17.6 Å². The highest BCUT2D eigenvalue weighted by atomic mass is 35.5. The number of carboxylic acids is 1. The fourth-order valence-electron chi connectivity index (χ4n) is 4.41. The molecule has 2 aliphatic heterocycles. The maximum absolute atomic E-state index is 12.7. The molecule has 0 bridgehead atoms. The zero-order valence-corrected chi connectivity index (χ0v) is 18.1. The van der Waals surface area contributed by atoms with Crippen LogP contribution in [0, 0.1) is 0 Å². The Morgan fingerprint density at radius 1 is 0.900 bits per heavy atom. The summed E-state index contributed by atoms with van der Waals surface area (Å²) in [6, 6.07) is 10.3. The Kier molecular flexibility index (Phi) is 6.32. The Morgan fingerprint density at radius 2 is 1.50 bits per heavy atom. The van der Waals surface area contributed by atoms with Crippen molar-refractivity contribution in [2.45, 2.75) is 38.3 Å². The van der Waals surface area contributed by atoms with Crippen molar-refractivity contribution < 1.29 is 14.7 Å². The molecular weight excluding hydrogens is 423 g/mol. The van der Waals surface area contributed by atoms with Gasteiger partial charge in [0, 0.05) is 41.7 Å². The Bertz CT molecular complexity index is 932. The van der Waals surface area contributed by atoms with Gasteiger partial charge in [-0.05, 0) is 61.1 Å². The van der Waals surface area contributed by atoms with Crippen LogP contribution < -0.4 is 0 Å². The molecule has 2 fully saturated rings. The quantitative estimate of drug-likeness (QED) is 0.661. The molecule has 1 atom stereocenters. The molecule has 4 rings (SSSR count). The largest absolute Gasteiger partial charge is 0.478 e.